The Morgan fingerprint density at radius 1 is 1.27 bits per heavy atom. The van der Waals surface area contributed by atoms with E-state index in [1.807, 2.05) is 6.92 Å². The van der Waals surface area contributed by atoms with Gasteiger partial charge < -0.3 is 10.6 Å². The fourth-order valence-electron chi connectivity index (χ4n) is 1.51. The lowest BCUT2D eigenvalue weighted by Gasteiger charge is -2.29. The third kappa shape index (κ3) is 5.78. The molecule has 0 aromatic rings. The molecule has 3 nitrogen and oxygen atoms in total. The molecule has 15 heavy (non-hydrogen) atoms. The van der Waals surface area contributed by atoms with E-state index >= 15 is 0 Å². The zero-order valence-corrected chi connectivity index (χ0v) is 10.8. The van der Waals surface area contributed by atoms with Crippen molar-refractivity contribution in [2.75, 3.05) is 6.54 Å². The monoisotopic (exact) mass is 214 g/mol. The lowest BCUT2D eigenvalue weighted by atomic mass is 9.95. The average molecular weight is 214 g/mol. The molecule has 0 rings (SSSR count). The molecule has 0 aromatic heterocycles. The Morgan fingerprint density at radius 3 is 2.20 bits per heavy atom. The summed E-state index contributed by atoms with van der Waals surface area (Å²) in [5, 5.41) is 6.34. The Bertz CT molecular complexity index is 188. The van der Waals surface area contributed by atoms with Crippen molar-refractivity contribution in [2.45, 2.75) is 65.5 Å². The van der Waals surface area contributed by atoms with Crippen LogP contribution < -0.4 is 10.6 Å². The largest absolute Gasteiger partial charge is 0.351 e. The maximum Gasteiger partial charge on any atom is 0.221 e. The van der Waals surface area contributed by atoms with Crippen LogP contribution in [0.5, 0.6) is 0 Å². The molecular weight excluding hydrogens is 188 g/mol. The van der Waals surface area contributed by atoms with Gasteiger partial charge in [-0.05, 0) is 33.2 Å². The summed E-state index contributed by atoms with van der Waals surface area (Å²) in [6, 6.07) is 0.257. The summed E-state index contributed by atoms with van der Waals surface area (Å²) >= 11 is 0. The van der Waals surface area contributed by atoms with Gasteiger partial charge in [0.1, 0.15) is 0 Å². The Morgan fingerprint density at radius 2 is 1.80 bits per heavy atom. The first kappa shape index (κ1) is 14.4. The molecule has 0 aromatic carbocycles. The highest BCUT2D eigenvalue weighted by Crippen LogP contribution is 2.13. The van der Waals surface area contributed by atoms with Gasteiger partial charge in [0, 0.05) is 18.0 Å². The van der Waals surface area contributed by atoms with Crippen LogP contribution in [-0.2, 0) is 4.79 Å². The SMILES string of the molecule is CCNC(C)CC(=O)NC(C)(CC)CC. The van der Waals surface area contributed by atoms with E-state index in [1.54, 1.807) is 0 Å². The van der Waals surface area contributed by atoms with Crippen LogP contribution in [0.4, 0.5) is 0 Å². The number of carbonyl (C=O) groups is 1. The number of carbonyl (C=O) groups excluding carboxylic acids is 1. The Hall–Kier alpha value is -0.570. The number of nitrogens with one attached hydrogen (secondary N) is 2. The number of hydrogen-bond donors (Lipinski definition) is 2. The lowest BCUT2D eigenvalue weighted by Crippen LogP contribution is -2.46. The number of hydrogen-bond acceptors (Lipinski definition) is 2. The molecule has 1 atom stereocenters. The summed E-state index contributed by atoms with van der Waals surface area (Å²) < 4.78 is 0. The minimum absolute atomic E-state index is 0.0387. The molecule has 0 radical (unpaired) electrons. The van der Waals surface area contributed by atoms with Gasteiger partial charge >= 0.3 is 0 Å². The quantitative estimate of drug-likeness (QED) is 0.681. The zero-order valence-electron chi connectivity index (χ0n) is 10.8. The van der Waals surface area contributed by atoms with Crippen LogP contribution in [0.25, 0.3) is 0 Å². The van der Waals surface area contributed by atoms with Crippen molar-refractivity contribution in [2.24, 2.45) is 0 Å². The van der Waals surface area contributed by atoms with Gasteiger partial charge in [0.15, 0.2) is 0 Å². The molecule has 2 N–H and O–H groups in total. The van der Waals surface area contributed by atoms with Crippen LogP contribution in [0.2, 0.25) is 0 Å². The highest BCUT2D eigenvalue weighted by atomic mass is 16.1. The molecule has 0 aliphatic heterocycles. The van der Waals surface area contributed by atoms with Crippen LogP contribution >= 0.6 is 0 Å². The van der Waals surface area contributed by atoms with E-state index in [-0.39, 0.29) is 17.5 Å². The van der Waals surface area contributed by atoms with Crippen LogP contribution in [-0.4, -0.2) is 24.0 Å². The summed E-state index contributed by atoms with van der Waals surface area (Å²) in [7, 11) is 0. The fraction of sp³-hybridized carbons (Fsp3) is 0.917. The molecule has 1 unspecified atom stereocenters. The summed E-state index contributed by atoms with van der Waals surface area (Å²) in [6.07, 6.45) is 2.51. The van der Waals surface area contributed by atoms with Gasteiger partial charge in [-0.2, -0.15) is 0 Å². The fourth-order valence-corrected chi connectivity index (χ4v) is 1.51. The minimum Gasteiger partial charge on any atom is -0.351 e. The van der Waals surface area contributed by atoms with Gasteiger partial charge in [-0.25, -0.2) is 0 Å². The van der Waals surface area contributed by atoms with E-state index in [2.05, 4.69) is 38.3 Å². The molecule has 0 bridgehead atoms. The minimum atomic E-state index is -0.0387. The molecule has 90 valence electrons. The van der Waals surface area contributed by atoms with E-state index in [0.29, 0.717) is 6.42 Å². The molecule has 0 spiro atoms. The molecule has 0 fully saturated rings. The second-order valence-electron chi connectivity index (χ2n) is 4.48. The van der Waals surface area contributed by atoms with Crippen LogP contribution in [0.15, 0.2) is 0 Å². The zero-order chi connectivity index (χ0) is 11.9. The first-order valence-corrected chi connectivity index (χ1v) is 6.01. The van der Waals surface area contributed by atoms with E-state index in [1.165, 1.54) is 0 Å². The van der Waals surface area contributed by atoms with Gasteiger partial charge in [-0.3, -0.25) is 4.79 Å². The maximum atomic E-state index is 11.7. The molecule has 0 saturated carbocycles. The van der Waals surface area contributed by atoms with E-state index in [4.69, 9.17) is 0 Å². The third-order valence-corrected chi connectivity index (χ3v) is 3.05. The smallest absolute Gasteiger partial charge is 0.221 e. The van der Waals surface area contributed by atoms with Gasteiger partial charge in [0.05, 0.1) is 0 Å². The highest BCUT2D eigenvalue weighted by Gasteiger charge is 2.22. The molecule has 0 heterocycles. The van der Waals surface area contributed by atoms with Crippen LogP contribution in [0, 0.1) is 0 Å². The normalized spacial score (nSPS) is 13.7. The number of amides is 1. The summed E-state index contributed by atoms with van der Waals surface area (Å²) in [5.74, 6) is 0.148. The predicted molar refractivity (Wildman–Crippen MR) is 64.9 cm³/mol. The van der Waals surface area contributed by atoms with Crippen molar-refractivity contribution in [1.82, 2.24) is 10.6 Å². The van der Waals surface area contributed by atoms with Crippen molar-refractivity contribution in [3.63, 3.8) is 0 Å². The van der Waals surface area contributed by atoms with Crippen molar-refractivity contribution >= 4 is 5.91 Å². The van der Waals surface area contributed by atoms with E-state index < -0.39 is 0 Å². The molecule has 3 heteroatoms. The molecule has 0 saturated heterocycles. The first-order chi connectivity index (χ1) is 6.97. The van der Waals surface area contributed by atoms with Crippen molar-refractivity contribution in [3.05, 3.63) is 0 Å². The predicted octanol–water partition coefficient (Wildman–Crippen LogP) is 2.07. The maximum absolute atomic E-state index is 11.7. The van der Waals surface area contributed by atoms with Crippen LogP contribution in [0.1, 0.15) is 53.9 Å². The second kappa shape index (κ2) is 6.83. The van der Waals surface area contributed by atoms with Gasteiger partial charge in [-0.1, -0.05) is 20.8 Å². The highest BCUT2D eigenvalue weighted by molar-refractivity contribution is 5.77. The standard InChI is InChI=1S/C12H26N2O/c1-6-12(5,7-2)14-11(15)9-10(4)13-8-3/h10,13H,6-9H2,1-5H3,(H,14,15). The van der Waals surface area contributed by atoms with Gasteiger partial charge in [0.2, 0.25) is 5.91 Å². The summed E-state index contributed by atoms with van der Waals surface area (Å²) in [4.78, 5) is 11.7. The third-order valence-electron chi connectivity index (χ3n) is 3.05. The van der Waals surface area contributed by atoms with E-state index in [0.717, 1.165) is 19.4 Å². The van der Waals surface area contributed by atoms with Crippen LogP contribution in [0.3, 0.4) is 0 Å². The molecule has 1 amide bonds. The molecular formula is C12H26N2O. The first-order valence-electron chi connectivity index (χ1n) is 6.01. The second-order valence-corrected chi connectivity index (χ2v) is 4.48. The summed E-state index contributed by atoms with van der Waals surface area (Å²) in [5.41, 5.74) is -0.0387. The topological polar surface area (TPSA) is 41.1 Å². The van der Waals surface area contributed by atoms with Gasteiger partial charge in [-0.15, -0.1) is 0 Å². The van der Waals surface area contributed by atoms with Crippen molar-refractivity contribution in [3.8, 4) is 0 Å². The van der Waals surface area contributed by atoms with Crippen molar-refractivity contribution in [1.29, 1.82) is 0 Å². The Balaban J connectivity index is 4.02. The average Bonchev–Trinajstić information content (AvgIpc) is 2.17. The van der Waals surface area contributed by atoms with Gasteiger partial charge in [0.25, 0.3) is 0 Å². The van der Waals surface area contributed by atoms with Crippen molar-refractivity contribution < 1.29 is 4.79 Å². The van der Waals surface area contributed by atoms with E-state index in [9.17, 15) is 4.79 Å². The lowest BCUT2D eigenvalue weighted by molar-refractivity contribution is -0.123. The molecule has 0 aliphatic rings. The molecule has 0 aliphatic carbocycles. The number of rotatable bonds is 7. The Kier molecular flexibility index (Phi) is 6.57. The Labute approximate surface area is 94.0 Å². The summed E-state index contributed by atoms with van der Waals surface area (Å²) in [6.45, 7) is 11.3.